The number of hydrogen-bond acceptors (Lipinski definition) is 3. The molecule has 3 nitrogen and oxygen atoms in total. The summed E-state index contributed by atoms with van der Waals surface area (Å²) >= 11 is 0. The molecule has 0 unspecified atom stereocenters. The zero-order chi connectivity index (χ0) is 11.7. The van der Waals surface area contributed by atoms with Crippen molar-refractivity contribution in [1.29, 1.82) is 0 Å². The lowest BCUT2D eigenvalue weighted by atomic mass is 10.0. The molecule has 1 fully saturated rings. The fourth-order valence-electron chi connectivity index (χ4n) is 2.12. The Balaban J connectivity index is 1.64. The summed E-state index contributed by atoms with van der Waals surface area (Å²) in [5.74, 6) is 2.41. The second-order valence-corrected chi connectivity index (χ2v) is 4.72. The van der Waals surface area contributed by atoms with Crippen molar-refractivity contribution in [3.8, 4) is 11.5 Å². The number of hydrogen-bond donors (Lipinski definition) is 0. The van der Waals surface area contributed by atoms with Gasteiger partial charge in [-0.2, -0.15) is 0 Å². The minimum absolute atomic E-state index is 0.368. The van der Waals surface area contributed by atoms with Crippen LogP contribution < -0.4 is 9.47 Å². The molecule has 0 bridgehead atoms. The predicted molar refractivity (Wildman–Crippen MR) is 63.5 cm³/mol. The van der Waals surface area contributed by atoms with E-state index in [9.17, 15) is 4.79 Å². The molecule has 0 N–H and O–H groups in total. The highest BCUT2D eigenvalue weighted by Crippen LogP contribution is 2.33. The number of fused-ring (bicyclic) bond motifs is 1. The Morgan fingerprint density at radius 3 is 2.71 bits per heavy atom. The van der Waals surface area contributed by atoms with Gasteiger partial charge in [0.2, 0.25) is 0 Å². The van der Waals surface area contributed by atoms with Crippen LogP contribution >= 0.6 is 0 Å². The maximum Gasteiger partial charge on any atom is 0.161 e. The van der Waals surface area contributed by atoms with Gasteiger partial charge in [-0.05, 0) is 37.0 Å². The van der Waals surface area contributed by atoms with Gasteiger partial charge in [0.25, 0.3) is 0 Å². The van der Waals surface area contributed by atoms with Gasteiger partial charge in [0.15, 0.2) is 11.5 Å². The van der Waals surface area contributed by atoms with Crippen LogP contribution in [0.25, 0.3) is 0 Å². The number of aryl methyl sites for hydroxylation is 1. The van der Waals surface area contributed by atoms with Gasteiger partial charge in [-0.3, -0.25) is 4.79 Å². The van der Waals surface area contributed by atoms with Crippen LogP contribution in [0.5, 0.6) is 11.5 Å². The van der Waals surface area contributed by atoms with Crippen LogP contribution in [0.1, 0.15) is 24.8 Å². The van der Waals surface area contributed by atoms with Crippen LogP contribution in [0, 0.1) is 5.92 Å². The minimum Gasteiger partial charge on any atom is -0.486 e. The van der Waals surface area contributed by atoms with E-state index in [4.69, 9.17) is 9.47 Å². The van der Waals surface area contributed by atoms with Crippen LogP contribution in [0.2, 0.25) is 0 Å². The average Bonchev–Trinajstić information content (AvgIpc) is 3.20. The van der Waals surface area contributed by atoms with Crippen molar-refractivity contribution in [1.82, 2.24) is 0 Å². The lowest BCUT2D eigenvalue weighted by Gasteiger charge is -2.18. The van der Waals surface area contributed by atoms with Crippen LogP contribution in [0.4, 0.5) is 0 Å². The quantitative estimate of drug-likeness (QED) is 0.799. The van der Waals surface area contributed by atoms with Crippen LogP contribution in [0.3, 0.4) is 0 Å². The average molecular weight is 232 g/mol. The predicted octanol–water partition coefficient (Wildman–Crippen LogP) is 2.37. The van der Waals surface area contributed by atoms with E-state index < -0.39 is 0 Å². The number of carbonyl (C=O) groups excluding carboxylic acids is 1. The highest BCUT2D eigenvalue weighted by molar-refractivity contribution is 5.83. The summed E-state index contributed by atoms with van der Waals surface area (Å²) in [7, 11) is 0. The van der Waals surface area contributed by atoms with Crippen molar-refractivity contribution < 1.29 is 14.3 Å². The normalized spacial score (nSPS) is 17.9. The number of carbonyl (C=O) groups is 1. The largest absolute Gasteiger partial charge is 0.486 e. The zero-order valence-corrected chi connectivity index (χ0v) is 9.78. The molecule has 2 aliphatic rings. The molecule has 0 amide bonds. The molecule has 1 aliphatic heterocycles. The van der Waals surface area contributed by atoms with Crippen LogP contribution in [-0.4, -0.2) is 19.0 Å². The topological polar surface area (TPSA) is 35.5 Å². The molecular formula is C14H16O3. The van der Waals surface area contributed by atoms with Gasteiger partial charge in [0.05, 0.1) is 0 Å². The summed E-state index contributed by atoms with van der Waals surface area (Å²) in [6, 6.07) is 5.95. The first-order chi connectivity index (χ1) is 8.33. The van der Waals surface area contributed by atoms with E-state index in [2.05, 4.69) is 0 Å². The molecule has 1 saturated carbocycles. The number of Topliss-reactive ketones (excluding diaryl/α,β-unsaturated/α-hetero) is 1. The SMILES string of the molecule is O=C(CCc1ccc2c(c1)OCCO2)C1CC1. The van der Waals surface area contributed by atoms with Gasteiger partial charge in [-0.15, -0.1) is 0 Å². The second-order valence-electron chi connectivity index (χ2n) is 4.72. The Labute approximate surface area is 101 Å². The first-order valence-electron chi connectivity index (χ1n) is 6.24. The smallest absolute Gasteiger partial charge is 0.161 e. The van der Waals surface area contributed by atoms with E-state index in [-0.39, 0.29) is 0 Å². The first-order valence-corrected chi connectivity index (χ1v) is 6.24. The summed E-state index contributed by atoms with van der Waals surface area (Å²) in [5, 5.41) is 0. The first kappa shape index (κ1) is 10.6. The van der Waals surface area contributed by atoms with Crippen molar-refractivity contribution in [2.75, 3.05) is 13.2 Å². The maximum atomic E-state index is 11.6. The molecule has 0 radical (unpaired) electrons. The van der Waals surface area contributed by atoms with Crippen molar-refractivity contribution in [2.45, 2.75) is 25.7 Å². The molecule has 1 heterocycles. The molecule has 0 spiro atoms. The van der Waals surface area contributed by atoms with Crippen molar-refractivity contribution >= 4 is 5.78 Å². The van der Waals surface area contributed by atoms with E-state index in [0.29, 0.717) is 31.3 Å². The van der Waals surface area contributed by atoms with E-state index in [1.165, 1.54) is 0 Å². The van der Waals surface area contributed by atoms with Gasteiger partial charge in [-0.1, -0.05) is 6.07 Å². The third-order valence-electron chi connectivity index (χ3n) is 3.30. The van der Waals surface area contributed by atoms with Crippen LogP contribution in [0.15, 0.2) is 18.2 Å². The molecule has 3 heteroatoms. The summed E-state index contributed by atoms with van der Waals surface area (Å²) in [6.07, 6.45) is 3.66. The van der Waals surface area contributed by atoms with Gasteiger partial charge < -0.3 is 9.47 Å². The monoisotopic (exact) mass is 232 g/mol. The van der Waals surface area contributed by atoms with E-state index in [1.807, 2.05) is 18.2 Å². The van der Waals surface area contributed by atoms with E-state index in [1.54, 1.807) is 0 Å². The molecule has 90 valence electrons. The number of benzene rings is 1. The molecule has 1 aromatic rings. The standard InChI is InChI=1S/C14H16O3/c15-12(11-3-4-11)5-1-10-2-6-13-14(9-10)17-8-7-16-13/h2,6,9,11H,1,3-5,7-8H2. The molecule has 1 aliphatic carbocycles. The minimum atomic E-state index is 0.368. The Kier molecular flexibility index (Phi) is 2.75. The second kappa shape index (κ2) is 4.40. The fourth-order valence-corrected chi connectivity index (χ4v) is 2.12. The van der Waals surface area contributed by atoms with Crippen molar-refractivity contribution in [3.05, 3.63) is 23.8 Å². The molecular weight excluding hydrogens is 216 g/mol. The highest BCUT2D eigenvalue weighted by Gasteiger charge is 2.28. The summed E-state index contributed by atoms with van der Waals surface area (Å²) in [5.41, 5.74) is 1.16. The maximum absolute atomic E-state index is 11.6. The lowest BCUT2D eigenvalue weighted by Crippen LogP contribution is -2.15. The number of rotatable bonds is 4. The fraction of sp³-hybridized carbons (Fsp3) is 0.500. The van der Waals surface area contributed by atoms with Crippen molar-refractivity contribution in [2.24, 2.45) is 5.92 Å². The summed E-state index contributed by atoms with van der Waals surface area (Å²) in [6.45, 7) is 1.23. The third kappa shape index (κ3) is 2.43. The van der Waals surface area contributed by atoms with E-state index >= 15 is 0 Å². The van der Waals surface area contributed by atoms with Gasteiger partial charge in [-0.25, -0.2) is 0 Å². The van der Waals surface area contributed by atoms with Crippen molar-refractivity contribution in [3.63, 3.8) is 0 Å². The molecule has 0 atom stereocenters. The number of ketones is 1. The molecule has 3 rings (SSSR count). The van der Waals surface area contributed by atoms with Gasteiger partial charge >= 0.3 is 0 Å². The Morgan fingerprint density at radius 2 is 1.94 bits per heavy atom. The Bertz CT molecular complexity index is 435. The summed E-state index contributed by atoms with van der Waals surface area (Å²) in [4.78, 5) is 11.6. The van der Waals surface area contributed by atoms with Gasteiger partial charge in [0, 0.05) is 12.3 Å². The third-order valence-corrected chi connectivity index (χ3v) is 3.30. The van der Waals surface area contributed by atoms with Gasteiger partial charge in [0.1, 0.15) is 19.0 Å². The highest BCUT2D eigenvalue weighted by atomic mass is 16.6. The molecule has 0 saturated heterocycles. The number of ether oxygens (including phenoxy) is 2. The zero-order valence-electron chi connectivity index (χ0n) is 9.78. The summed E-state index contributed by atoms with van der Waals surface area (Å²) < 4.78 is 11.0. The molecule has 17 heavy (non-hydrogen) atoms. The molecule has 0 aromatic heterocycles. The Hall–Kier alpha value is -1.51. The Morgan fingerprint density at radius 1 is 1.18 bits per heavy atom. The van der Waals surface area contributed by atoms with Crippen LogP contribution in [-0.2, 0) is 11.2 Å². The van der Waals surface area contributed by atoms with E-state index in [0.717, 1.165) is 36.3 Å². The lowest BCUT2D eigenvalue weighted by molar-refractivity contribution is -0.120. The molecule has 1 aromatic carbocycles.